The molecule has 4 heterocycles. The van der Waals surface area contributed by atoms with Gasteiger partial charge in [0.2, 0.25) is 18.2 Å². The molecule has 14 heteroatoms. The Morgan fingerprint density at radius 2 is 1.18 bits per heavy atom. The van der Waals surface area contributed by atoms with Crippen LogP contribution in [0, 0.1) is 11.8 Å². The van der Waals surface area contributed by atoms with Crippen LogP contribution in [-0.4, -0.2) is 93.4 Å². The molecule has 3 aromatic carbocycles. The van der Waals surface area contributed by atoms with E-state index in [1.807, 2.05) is 9.80 Å². The van der Waals surface area contributed by atoms with E-state index in [1.165, 1.54) is 20.6 Å². The molecule has 9 rings (SSSR count). The highest BCUT2D eigenvalue weighted by Crippen LogP contribution is 2.38. The highest BCUT2D eigenvalue weighted by Gasteiger charge is 2.41. The summed E-state index contributed by atoms with van der Waals surface area (Å²) in [7, 11) is 2.76. The molecule has 14 nitrogen and oxygen atoms in total. The number of aromatic amines is 2. The third kappa shape index (κ3) is 7.96. The van der Waals surface area contributed by atoms with Crippen molar-refractivity contribution in [2.75, 3.05) is 27.3 Å². The molecule has 2 aromatic heterocycles. The SMILES string of the molecule is COO/C=N/[C@H](C(=O)N1CCC[C@H]1c1nc2cc(-c3ccc(-c4ccc5[nH]c([C@@H]6CCCN6C(=O)[C@@H](NC(=O)OC)C6CCCC6)nc5c4)cc3)ccc2[nH]1)C1CCCC1. The van der Waals surface area contributed by atoms with Crippen molar-refractivity contribution < 1.29 is 28.9 Å². The van der Waals surface area contributed by atoms with Crippen LogP contribution in [0.15, 0.2) is 65.7 Å². The third-order valence-corrected chi connectivity index (χ3v) is 13.3. The lowest BCUT2D eigenvalue weighted by Gasteiger charge is -2.31. The lowest BCUT2D eigenvalue weighted by molar-refractivity contribution is -0.188. The predicted molar refractivity (Wildman–Crippen MR) is 228 cm³/mol. The fraction of sp³-hybridized carbons (Fsp3) is 0.478. The standard InChI is InChI=1S/C46H54N8O6/c1-58-46(57)52-41(31-11-5-6-12-31)45(56)54-24-8-14-39(54)43-49-35-22-20-33(26-37(35)51-43)29-17-15-28(16-18-29)32-19-21-34-36(25-32)50-42(48-34)38-13-7-23-53(38)44(55)40(47-27-60-59-2)30-9-3-4-10-30/h15-22,25-27,30-31,38-41H,3-14,23-24H2,1-2H3,(H,48,50)(H,49,51)(H,52,57)/b47-27+/t38-,39-,40-,41-/m0/s1. The van der Waals surface area contributed by atoms with Gasteiger partial charge in [-0.05, 0) is 110 Å². The van der Waals surface area contributed by atoms with Gasteiger partial charge in [0.25, 0.3) is 0 Å². The second-order valence-corrected chi connectivity index (χ2v) is 16.8. The van der Waals surface area contributed by atoms with Crippen LogP contribution in [0.5, 0.6) is 0 Å². The molecular weight excluding hydrogens is 761 g/mol. The van der Waals surface area contributed by atoms with Gasteiger partial charge >= 0.3 is 6.09 Å². The Labute approximate surface area is 349 Å². The quantitative estimate of drug-likeness (QED) is 0.0491. The maximum Gasteiger partial charge on any atom is 0.407 e. The molecule has 314 valence electrons. The number of ether oxygens (including phenoxy) is 1. The number of likely N-dealkylation sites (tertiary alicyclic amines) is 2. The second kappa shape index (κ2) is 17.5. The number of carbonyl (C=O) groups excluding carboxylic acids is 3. The minimum absolute atomic E-state index is 0.0275. The zero-order chi connectivity index (χ0) is 41.2. The summed E-state index contributed by atoms with van der Waals surface area (Å²) in [6, 6.07) is 19.6. The van der Waals surface area contributed by atoms with Crippen LogP contribution in [0.25, 0.3) is 44.3 Å². The lowest BCUT2D eigenvalue weighted by atomic mass is 9.96. The zero-order valence-electron chi connectivity index (χ0n) is 34.4. The smallest absolute Gasteiger partial charge is 0.407 e. The van der Waals surface area contributed by atoms with Gasteiger partial charge in [0.1, 0.15) is 23.7 Å². The van der Waals surface area contributed by atoms with Crippen molar-refractivity contribution >= 4 is 46.4 Å². The van der Waals surface area contributed by atoms with Gasteiger partial charge < -0.3 is 34.7 Å². The minimum atomic E-state index is -0.596. The Balaban J connectivity index is 0.897. The maximum absolute atomic E-state index is 14.0. The van der Waals surface area contributed by atoms with E-state index in [-0.39, 0.29) is 35.7 Å². The van der Waals surface area contributed by atoms with E-state index < -0.39 is 18.2 Å². The van der Waals surface area contributed by atoms with Crippen LogP contribution < -0.4 is 5.32 Å². The highest BCUT2D eigenvalue weighted by atomic mass is 17.2. The van der Waals surface area contributed by atoms with Crippen LogP contribution in [-0.2, 0) is 24.1 Å². The van der Waals surface area contributed by atoms with E-state index in [1.54, 1.807) is 0 Å². The Morgan fingerprint density at radius 1 is 0.683 bits per heavy atom. The molecule has 4 atom stereocenters. The van der Waals surface area contributed by atoms with Gasteiger partial charge in [-0.3, -0.25) is 9.59 Å². The molecular formula is C46H54N8O6. The van der Waals surface area contributed by atoms with Gasteiger partial charge in [-0.2, -0.15) is 4.89 Å². The molecule has 3 amide bonds. The summed E-state index contributed by atoms with van der Waals surface area (Å²) in [6.07, 6.45) is 12.3. The van der Waals surface area contributed by atoms with Crippen LogP contribution in [0.3, 0.4) is 0 Å². The van der Waals surface area contributed by atoms with Crippen molar-refractivity contribution in [3.05, 3.63) is 72.3 Å². The van der Waals surface area contributed by atoms with E-state index in [0.717, 1.165) is 133 Å². The minimum Gasteiger partial charge on any atom is -0.453 e. The first-order chi connectivity index (χ1) is 29.4. The van der Waals surface area contributed by atoms with Gasteiger partial charge in [0, 0.05) is 13.1 Å². The van der Waals surface area contributed by atoms with E-state index >= 15 is 0 Å². The fourth-order valence-electron chi connectivity index (χ4n) is 10.2. The van der Waals surface area contributed by atoms with Crippen LogP contribution in [0.4, 0.5) is 4.79 Å². The summed E-state index contributed by atoms with van der Waals surface area (Å²) in [4.78, 5) is 75.3. The van der Waals surface area contributed by atoms with E-state index in [9.17, 15) is 14.4 Å². The molecule has 3 N–H and O–H groups in total. The highest BCUT2D eigenvalue weighted by molar-refractivity contribution is 5.88. The molecule has 2 saturated heterocycles. The number of benzene rings is 3. The Bertz CT molecular complexity index is 2360. The Morgan fingerprint density at radius 3 is 1.70 bits per heavy atom. The molecule has 60 heavy (non-hydrogen) atoms. The monoisotopic (exact) mass is 814 g/mol. The number of rotatable bonds is 12. The number of nitrogens with one attached hydrogen (secondary N) is 3. The largest absolute Gasteiger partial charge is 0.453 e. The second-order valence-electron chi connectivity index (χ2n) is 16.8. The molecule has 0 bridgehead atoms. The first-order valence-corrected chi connectivity index (χ1v) is 21.6. The van der Waals surface area contributed by atoms with E-state index in [0.29, 0.717) is 13.1 Å². The number of hydrogen-bond donors (Lipinski definition) is 3. The van der Waals surface area contributed by atoms with Gasteiger partial charge in [0.05, 0.1) is 48.4 Å². The number of alkyl carbamates (subject to hydrolysis) is 1. The van der Waals surface area contributed by atoms with Crippen LogP contribution in [0.1, 0.15) is 101 Å². The van der Waals surface area contributed by atoms with Crippen molar-refractivity contribution in [2.24, 2.45) is 16.8 Å². The number of nitrogens with zero attached hydrogens (tertiary/aromatic N) is 5. The molecule has 0 radical (unpaired) electrons. The molecule has 4 fully saturated rings. The third-order valence-electron chi connectivity index (χ3n) is 13.3. The number of hydrogen-bond acceptors (Lipinski definition) is 9. The first kappa shape index (κ1) is 39.7. The topological polar surface area (TPSA) is 167 Å². The lowest BCUT2D eigenvalue weighted by Crippen LogP contribution is -2.51. The van der Waals surface area contributed by atoms with Gasteiger partial charge in [-0.25, -0.2) is 19.8 Å². The zero-order valence-corrected chi connectivity index (χ0v) is 34.4. The van der Waals surface area contributed by atoms with Crippen molar-refractivity contribution in [3.63, 3.8) is 0 Å². The first-order valence-electron chi connectivity index (χ1n) is 21.6. The van der Waals surface area contributed by atoms with Gasteiger partial charge in [0.15, 0.2) is 0 Å². The van der Waals surface area contributed by atoms with Crippen LogP contribution in [0.2, 0.25) is 0 Å². The van der Waals surface area contributed by atoms with Crippen molar-refractivity contribution in [3.8, 4) is 22.3 Å². The number of aromatic nitrogens is 4. The summed E-state index contributed by atoms with van der Waals surface area (Å²) in [5.74, 6) is 1.86. The molecule has 2 aliphatic carbocycles. The molecule has 0 spiro atoms. The Kier molecular flexibility index (Phi) is 11.5. The predicted octanol–water partition coefficient (Wildman–Crippen LogP) is 8.18. The number of aliphatic imine (C=N–C) groups is 1. The van der Waals surface area contributed by atoms with Gasteiger partial charge in [-0.15, -0.1) is 0 Å². The molecule has 5 aromatic rings. The molecule has 2 aliphatic heterocycles. The maximum atomic E-state index is 14.0. The van der Waals surface area contributed by atoms with Crippen LogP contribution >= 0.6 is 0 Å². The number of methoxy groups -OCH3 is 1. The molecule has 2 saturated carbocycles. The summed E-state index contributed by atoms with van der Waals surface area (Å²) in [6.45, 7) is 1.30. The number of carbonyl (C=O) groups is 3. The number of fused-ring (bicyclic) bond motifs is 2. The van der Waals surface area contributed by atoms with Crippen molar-refractivity contribution in [2.45, 2.75) is 101 Å². The normalized spacial score (nSPS) is 21.1. The summed E-state index contributed by atoms with van der Waals surface area (Å²) < 4.78 is 4.89. The fourth-order valence-corrected chi connectivity index (χ4v) is 10.2. The van der Waals surface area contributed by atoms with E-state index in [4.69, 9.17) is 24.5 Å². The summed E-state index contributed by atoms with van der Waals surface area (Å²) >= 11 is 0. The molecule has 4 aliphatic rings. The molecule has 0 unspecified atom stereocenters. The average Bonchev–Trinajstić information content (AvgIpc) is 4.13. The number of imidazole rings is 2. The van der Waals surface area contributed by atoms with Gasteiger partial charge in [-0.1, -0.05) is 62.1 Å². The average molecular weight is 815 g/mol. The van der Waals surface area contributed by atoms with Crippen molar-refractivity contribution in [1.82, 2.24) is 35.1 Å². The Hall–Kier alpha value is -5.76. The summed E-state index contributed by atoms with van der Waals surface area (Å²) in [5.41, 5.74) is 7.80. The van der Waals surface area contributed by atoms with Crippen molar-refractivity contribution in [1.29, 1.82) is 0 Å². The summed E-state index contributed by atoms with van der Waals surface area (Å²) in [5, 5.41) is 2.86. The number of amides is 3. The number of H-pyrrole nitrogens is 2. The van der Waals surface area contributed by atoms with E-state index in [2.05, 4.69) is 80.9 Å².